The summed E-state index contributed by atoms with van der Waals surface area (Å²) in [7, 11) is 0. The van der Waals surface area contributed by atoms with Crippen LogP contribution in [-0.4, -0.2) is 12.5 Å². The first-order valence-corrected chi connectivity index (χ1v) is 4.72. The summed E-state index contributed by atoms with van der Waals surface area (Å²) in [5.74, 6) is -0.984. The van der Waals surface area contributed by atoms with Crippen LogP contribution in [0.1, 0.15) is 25.7 Å². The van der Waals surface area contributed by atoms with Crippen LogP contribution < -0.4 is 0 Å². The van der Waals surface area contributed by atoms with Gasteiger partial charge in [0.05, 0.1) is 5.92 Å². The molecule has 0 unspecified atom stereocenters. The molecule has 1 rings (SSSR count). The molecule has 1 nitrogen and oxygen atoms in total. The summed E-state index contributed by atoms with van der Waals surface area (Å²) < 4.78 is 36.7. The van der Waals surface area contributed by atoms with Crippen molar-refractivity contribution < 1.29 is 18.0 Å². The summed E-state index contributed by atoms with van der Waals surface area (Å²) >= 11 is 0. The second kappa shape index (κ2) is 4.62. The number of carbonyl (C=O) groups is 1. The van der Waals surface area contributed by atoms with Crippen LogP contribution in [0.15, 0.2) is 12.2 Å². The predicted molar refractivity (Wildman–Crippen MR) is 46.7 cm³/mol. The molecule has 0 aromatic rings. The van der Waals surface area contributed by atoms with E-state index < -0.39 is 12.1 Å². The Hall–Kier alpha value is -0.800. The maximum Gasteiger partial charge on any atom is 0.391 e. The summed E-state index contributed by atoms with van der Waals surface area (Å²) in [5.41, 5.74) is 0. The fraction of sp³-hybridized carbons (Fsp3) is 0.700. The highest BCUT2D eigenvalue weighted by Gasteiger charge is 2.40. The Kier molecular flexibility index (Phi) is 3.72. The van der Waals surface area contributed by atoms with E-state index >= 15 is 0 Å². The SMILES string of the molecule is O=C/C=C/C1CCC(C(F)(F)F)CC1. The lowest BCUT2D eigenvalue weighted by Crippen LogP contribution is -2.27. The van der Waals surface area contributed by atoms with E-state index in [1.165, 1.54) is 6.08 Å². The van der Waals surface area contributed by atoms with E-state index in [9.17, 15) is 18.0 Å². The minimum Gasteiger partial charge on any atom is -0.299 e. The zero-order valence-corrected chi connectivity index (χ0v) is 7.76. The van der Waals surface area contributed by atoms with Crippen LogP contribution in [0.25, 0.3) is 0 Å². The van der Waals surface area contributed by atoms with Gasteiger partial charge in [-0.25, -0.2) is 0 Å². The van der Waals surface area contributed by atoms with E-state index in [2.05, 4.69) is 0 Å². The maximum atomic E-state index is 12.2. The van der Waals surface area contributed by atoms with Gasteiger partial charge >= 0.3 is 6.18 Å². The Bertz CT molecular complexity index is 212. The van der Waals surface area contributed by atoms with Gasteiger partial charge in [-0.2, -0.15) is 13.2 Å². The molecule has 0 aromatic carbocycles. The Morgan fingerprint density at radius 1 is 1.07 bits per heavy atom. The molecular weight excluding hydrogens is 193 g/mol. The molecule has 0 amide bonds. The molecule has 4 heteroatoms. The monoisotopic (exact) mass is 206 g/mol. The minimum atomic E-state index is -4.04. The van der Waals surface area contributed by atoms with Gasteiger partial charge < -0.3 is 0 Å². The summed E-state index contributed by atoms with van der Waals surface area (Å²) in [6, 6.07) is 0. The zero-order valence-electron chi connectivity index (χ0n) is 7.76. The predicted octanol–water partition coefficient (Wildman–Crippen LogP) is 3.11. The molecule has 0 bridgehead atoms. The Labute approximate surface area is 81.0 Å². The molecule has 0 heterocycles. The molecule has 0 N–H and O–H groups in total. The number of halogens is 3. The topological polar surface area (TPSA) is 17.1 Å². The quantitative estimate of drug-likeness (QED) is 0.501. The van der Waals surface area contributed by atoms with Gasteiger partial charge in [0.15, 0.2) is 0 Å². The van der Waals surface area contributed by atoms with Crippen LogP contribution in [0.4, 0.5) is 13.2 Å². The standard InChI is InChI=1S/C10H13F3O/c11-10(12,13)9-5-3-8(4-6-9)2-1-7-14/h1-2,7-9H,3-6H2/b2-1+. The molecule has 0 aliphatic heterocycles. The Morgan fingerprint density at radius 2 is 1.64 bits per heavy atom. The normalized spacial score (nSPS) is 29.4. The lowest BCUT2D eigenvalue weighted by atomic mass is 9.81. The second-order valence-electron chi connectivity index (χ2n) is 3.67. The fourth-order valence-electron chi connectivity index (χ4n) is 1.84. The van der Waals surface area contributed by atoms with Crippen molar-refractivity contribution in [2.24, 2.45) is 11.8 Å². The van der Waals surface area contributed by atoms with E-state index in [0.717, 1.165) is 0 Å². The average Bonchev–Trinajstić information content (AvgIpc) is 2.14. The van der Waals surface area contributed by atoms with Gasteiger partial charge in [0.1, 0.15) is 6.29 Å². The van der Waals surface area contributed by atoms with Crippen molar-refractivity contribution in [3.63, 3.8) is 0 Å². The summed E-state index contributed by atoms with van der Waals surface area (Å²) in [6.07, 6.45) is 1.16. The van der Waals surface area contributed by atoms with E-state index in [4.69, 9.17) is 0 Å². The highest BCUT2D eigenvalue weighted by molar-refractivity contribution is 5.64. The molecule has 80 valence electrons. The molecule has 0 radical (unpaired) electrons. The first-order chi connectivity index (χ1) is 6.54. The zero-order chi connectivity index (χ0) is 10.6. The van der Waals surface area contributed by atoms with Gasteiger partial charge in [0, 0.05) is 0 Å². The number of rotatable bonds is 2. The van der Waals surface area contributed by atoms with Crippen molar-refractivity contribution in [1.82, 2.24) is 0 Å². The van der Waals surface area contributed by atoms with Gasteiger partial charge in [-0.1, -0.05) is 6.08 Å². The minimum absolute atomic E-state index is 0.152. The van der Waals surface area contributed by atoms with E-state index in [0.29, 0.717) is 19.1 Å². The molecule has 1 aliphatic rings. The largest absolute Gasteiger partial charge is 0.391 e. The molecule has 1 aliphatic carbocycles. The van der Waals surface area contributed by atoms with Crippen LogP contribution in [-0.2, 0) is 4.79 Å². The van der Waals surface area contributed by atoms with Crippen molar-refractivity contribution in [2.45, 2.75) is 31.9 Å². The molecule has 0 aromatic heterocycles. The molecule has 1 fully saturated rings. The lowest BCUT2D eigenvalue weighted by molar-refractivity contribution is -0.183. The summed E-state index contributed by atoms with van der Waals surface area (Å²) in [4.78, 5) is 10.0. The van der Waals surface area contributed by atoms with Gasteiger partial charge in [0.2, 0.25) is 0 Å². The molecule has 14 heavy (non-hydrogen) atoms. The highest BCUT2D eigenvalue weighted by atomic mass is 19.4. The molecule has 0 spiro atoms. The van der Waals surface area contributed by atoms with Crippen molar-refractivity contribution in [3.8, 4) is 0 Å². The van der Waals surface area contributed by atoms with Crippen molar-refractivity contribution >= 4 is 6.29 Å². The van der Waals surface area contributed by atoms with Crippen LogP contribution in [0.2, 0.25) is 0 Å². The Morgan fingerprint density at radius 3 is 2.07 bits per heavy atom. The maximum absolute atomic E-state index is 12.2. The van der Waals surface area contributed by atoms with Crippen LogP contribution in [0, 0.1) is 11.8 Å². The van der Waals surface area contributed by atoms with Crippen molar-refractivity contribution in [2.75, 3.05) is 0 Å². The van der Waals surface area contributed by atoms with Crippen LogP contribution in [0.5, 0.6) is 0 Å². The molecular formula is C10H13F3O. The van der Waals surface area contributed by atoms with E-state index in [-0.39, 0.29) is 18.8 Å². The molecule has 1 saturated carbocycles. The van der Waals surface area contributed by atoms with Gasteiger partial charge in [-0.3, -0.25) is 4.79 Å². The summed E-state index contributed by atoms with van der Waals surface area (Å²) in [5, 5.41) is 0. The number of hydrogen-bond donors (Lipinski definition) is 0. The third-order valence-corrected chi connectivity index (χ3v) is 2.70. The smallest absolute Gasteiger partial charge is 0.299 e. The van der Waals surface area contributed by atoms with Gasteiger partial charge in [-0.05, 0) is 37.7 Å². The Balaban J connectivity index is 2.38. The van der Waals surface area contributed by atoms with E-state index in [1.807, 2.05) is 0 Å². The number of hydrogen-bond acceptors (Lipinski definition) is 1. The fourth-order valence-corrected chi connectivity index (χ4v) is 1.84. The van der Waals surface area contributed by atoms with Crippen molar-refractivity contribution in [1.29, 1.82) is 0 Å². The summed E-state index contributed by atoms with van der Waals surface area (Å²) in [6.45, 7) is 0. The first-order valence-electron chi connectivity index (χ1n) is 4.72. The third-order valence-electron chi connectivity index (χ3n) is 2.70. The molecule has 0 saturated heterocycles. The number of allylic oxidation sites excluding steroid dienone is 2. The number of alkyl halides is 3. The van der Waals surface area contributed by atoms with Gasteiger partial charge in [0.25, 0.3) is 0 Å². The van der Waals surface area contributed by atoms with Crippen LogP contribution >= 0.6 is 0 Å². The highest BCUT2D eigenvalue weighted by Crippen LogP contribution is 2.39. The number of aldehydes is 1. The van der Waals surface area contributed by atoms with E-state index in [1.54, 1.807) is 6.08 Å². The second-order valence-corrected chi connectivity index (χ2v) is 3.67. The van der Waals surface area contributed by atoms with Crippen LogP contribution in [0.3, 0.4) is 0 Å². The average molecular weight is 206 g/mol. The lowest BCUT2D eigenvalue weighted by Gasteiger charge is -2.28. The molecule has 0 atom stereocenters. The first kappa shape index (κ1) is 11.3. The van der Waals surface area contributed by atoms with Crippen molar-refractivity contribution in [3.05, 3.63) is 12.2 Å². The third kappa shape index (κ3) is 3.16. The van der Waals surface area contributed by atoms with Gasteiger partial charge in [-0.15, -0.1) is 0 Å². The number of carbonyl (C=O) groups excluding carboxylic acids is 1.